The molecule has 90 valence electrons. The molecule has 1 aliphatic heterocycles. The highest BCUT2D eigenvalue weighted by Gasteiger charge is 2.23. The van der Waals surface area contributed by atoms with Crippen molar-refractivity contribution in [2.75, 3.05) is 25.0 Å². The Kier molecular flexibility index (Phi) is 5.52. The Balaban J connectivity index is 2.43. The molecule has 1 heterocycles. The van der Waals surface area contributed by atoms with E-state index in [1.165, 1.54) is 0 Å². The van der Waals surface area contributed by atoms with E-state index in [1.807, 2.05) is 6.92 Å². The van der Waals surface area contributed by atoms with Crippen LogP contribution in [-0.2, 0) is 10.2 Å². The molecule has 15 heavy (non-hydrogen) atoms. The molecule has 1 saturated heterocycles. The van der Waals surface area contributed by atoms with Gasteiger partial charge in [0.15, 0.2) is 0 Å². The van der Waals surface area contributed by atoms with Crippen molar-refractivity contribution >= 4 is 26.1 Å². The number of nitrogens with one attached hydrogen (secondary N) is 1. The lowest BCUT2D eigenvalue weighted by atomic mass is 10.2. The lowest BCUT2D eigenvalue weighted by Crippen LogP contribution is -2.44. The summed E-state index contributed by atoms with van der Waals surface area (Å²) < 4.78 is 27.8. The molecule has 0 aromatic rings. The van der Waals surface area contributed by atoms with Gasteiger partial charge in [0.2, 0.25) is 0 Å². The minimum atomic E-state index is -3.23. The fourth-order valence-electron chi connectivity index (χ4n) is 1.50. The molecule has 1 N–H and O–H groups in total. The number of halogens is 1. The average Bonchev–Trinajstić information content (AvgIpc) is 2.27. The van der Waals surface area contributed by atoms with Crippen molar-refractivity contribution in [3.63, 3.8) is 0 Å². The van der Waals surface area contributed by atoms with Gasteiger partial charge < -0.3 is 0 Å². The summed E-state index contributed by atoms with van der Waals surface area (Å²) in [6.07, 6.45) is 3.10. The molecule has 1 rings (SSSR count). The molecule has 0 aliphatic carbocycles. The molecule has 1 fully saturated rings. The maximum atomic E-state index is 11.8. The summed E-state index contributed by atoms with van der Waals surface area (Å²) in [5.41, 5.74) is 0. The minimum Gasteiger partial charge on any atom is -0.202 e. The van der Waals surface area contributed by atoms with Crippen LogP contribution in [0.2, 0.25) is 0 Å². The fraction of sp³-hybridized carbons (Fsp3) is 1.00. The van der Waals surface area contributed by atoms with E-state index >= 15 is 0 Å². The van der Waals surface area contributed by atoms with Gasteiger partial charge in [-0.15, -0.1) is 0 Å². The van der Waals surface area contributed by atoms with Gasteiger partial charge in [0.05, 0.1) is 0 Å². The summed E-state index contributed by atoms with van der Waals surface area (Å²) in [5.74, 6) is 0.324. The minimum absolute atomic E-state index is 0.324. The molecule has 0 spiro atoms. The molecule has 0 aromatic carbocycles. The molecule has 0 radical (unpaired) electrons. The zero-order chi connectivity index (χ0) is 11.3. The van der Waals surface area contributed by atoms with E-state index < -0.39 is 10.2 Å². The van der Waals surface area contributed by atoms with Crippen molar-refractivity contribution in [2.45, 2.75) is 26.2 Å². The molecule has 1 unspecified atom stereocenters. The number of hydrogen-bond acceptors (Lipinski definition) is 2. The third-order valence-electron chi connectivity index (χ3n) is 2.53. The summed E-state index contributed by atoms with van der Waals surface area (Å²) in [7, 11) is -3.23. The Morgan fingerprint density at radius 3 is 2.47 bits per heavy atom. The number of alkyl halides is 1. The monoisotopic (exact) mass is 298 g/mol. The Morgan fingerprint density at radius 2 is 1.93 bits per heavy atom. The van der Waals surface area contributed by atoms with Gasteiger partial charge in [-0.25, -0.2) is 4.72 Å². The van der Waals surface area contributed by atoms with Crippen molar-refractivity contribution in [3.8, 4) is 0 Å². The van der Waals surface area contributed by atoms with Crippen LogP contribution in [0.4, 0.5) is 0 Å². The lowest BCUT2D eigenvalue weighted by molar-refractivity contribution is 0.340. The highest BCUT2D eigenvalue weighted by atomic mass is 79.9. The van der Waals surface area contributed by atoms with E-state index in [0.717, 1.165) is 24.6 Å². The van der Waals surface area contributed by atoms with Gasteiger partial charge in [-0.1, -0.05) is 29.3 Å². The van der Waals surface area contributed by atoms with E-state index in [2.05, 4.69) is 20.7 Å². The van der Waals surface area contributed by atoms with Gasteiger partial charge >= 0.3 is 0 Å². The maximum Gasteiger partial charge on any atom is 0.279 e. The van der Waals surface area contributed by atoms with Crippen LogP contribution < -0.4 is 4.72 Å². The summed E-state index contributed by atoms with van der Waals surface area (Å²) in [6, 6.07) is 0. The Hall–Kier alpha value is 0.350. The van der Waals surface area contributed by atoms with E-state index in [4.69, 9.17) is 0 Å². The van der Waals surface area contributed by atoms with Gasteiger partial charge in [-0.3, -0.25) is 0 Å². The van der Waals surface area contributed by atoms with Crippen LogP contribution in [-0.4, -0.2) is 37.7 Å². The predicted molar refractivity (Wildman–Crippen MR) is 65.3 cm³/mol. The van der Waals surface area contributed by atoms with E-state index in [1.54, 1.807) is 4.31 Å². The molecule has 0 bridgehead atoms. The van der Waals surface area contributed by atoms with Crippen molar-refractivity contribution in [1.82, 2.24) is 9.03 Å². The van der Waals surface area contributed by atoms with Crippen LogP contribution in [0, 0.1) is 5.92 Å². The second kappa shape index (κ2) is 6.18. The molecular formula is C9H19BrN2O2S. The highest BCUT2D eigenvalue weighted by molar-refractivity contribution is 9.09. The third kappa shape index (κ3) is 4.38. The number of rotatable bonds is 5. The van der Waals surface area contributed by atoms with Gasteiger partial charge in [-0.05, 0) is 18.8 Å². The molecule has 0 aromatic heterocycles. The van der Waals surface area contributed by atoms with Crippen LogP contribution in [0.25, 0.3) is 0 Å². The molecule has 0 saturated carbocycles. The van der Waals surface area contributed by atoms with Crippen molar-refractivity contribution in [2.24, 2.45) is 5.92 Å². The Labute approximate surface area is 101 Å². The van der Waals surface area contributed by atoms with Crippen LogP contribution in [0.5, 0.6) is 0 Å². The van der Waals surface area contributed by atoms with Gasteiger partial charge in [0, 0.05) is 25.0 Å². The molecule has 6 heteroatoms. The molecule has 1 aliphatic rings. The molecule has 0 amide bonds. The summed E-state index contributed by atoms with van der Waals surface area (Å²) in [6.45, 7) is 3.84. The topological polar surface area (TPSA) is 49.4 Å². The van der Waals surface area contributed by atoms with Crippen molar-refractivity contribution < 1.29 is 8.42 Å². The van der Waals surface area contributed by atoms with Crippen LogP contribution in [0.3, 0.4) is 0 Å². The summed E-state index contributed by atoms with van der Waals surface area (Å²) in [4.78, 5) is 0. The Bertz CT molecular complexity index is 276. The number of nitrogens with zero attached hydrogens (tertiary/aromatic N) is 1. The Morgan fingerprint density at radius 1 is 1.33 bits per heavy atom. The van der Waals surface area contributed by atoms with E-state index in [9.17, 15) is 8.42 Å². The molecular weight excluding hydrogens is 280 g/mol. The van der Waals surface area contributed by atoms with E-state index in [-0.39, 0.29) is 0 Å². The van der Waals surface area contributed by atoms with Gasteiger partial charge in [-0.2, -0.15) is 12.7 Å². The standard InChI is InChI=1S/C9H19BrN2O2S/c1-9(7-10)8-11-15(13,14)12-5-3-2-4-6-12/h9,11H,2-8H2,1H3. The number of piperidine rings is 1. The van der Waals surface area contributed by atoms with Crippen LogP contribution >= 0.6 is 15.9 Å². The SMILES string of the molecule is CC(CBr)CNS(=O)(=O)N1CCCCC1. The maximum absolute atomic E-state index is 11.8. The second-order valence-corrected chi connectivity index (χ2v) is 6.48. The normalized spacial score (nSPS) is 21.5. The first-order chi connectivity index (χ1) is 7.06. The van der Waals surface area contributed by atoms with Crippen molar-refractivity contribution in [1.29, 1.82) is 0 Å². The highest BCUT2D eigenvalue weighted by Crippen LogP contribution is 2.12. The van der Waals surface area contributed by atoms with Gasteiger partial charge in [0.1, 0.15) is 0 Å². The largest absolute Gasteiger partial charge is 0.279 e. The lowest BCUT2D eigenvalue weighted by Gasteiger charge is -2.26. The first-order valence-corrected chi connectivity index (χ1v) is 7.93. The summed E-state index contributed by atoms with van der Waals surface area (Å²) in [5, 5.41) is 0.815. The van der Waals surface area contributed by atoms with Crippen molar-refractivity contribution in [3.05, 3.63) is 0 Å². The first kappa shape index (κ1) is 13.4. The quantitative estimate of drug-likeness (QED) is 0.779. The van der Waals surface area contributed by atoms with Gasteiger partial charge in [0.25, 0.3) is 10.2 Å². The smallest absolute Gasteiger partial charge is 0.202 e. The van der Waals surface area contributed by atoms with Crippen LogP contribution in [0.1, 0.15) is 26.2 Å². The predicted octanol–water partition coefficient (Wildman–Crippen LogP) is 1.34. The fourth-order valence-corrected chi connectivity index (χ4v) is 3.14. The second-order valence-electron chi connectivity index (χ2n) is 4.07. The zero-order valence-corrected chi connectivity index (χ0v) is 11.5. The molecule has 1 atom stereocenters. The summed E-state index contributed by atoms with van der Waals surface area (Å²) >= 11 is 3.33. The zero-order valence-electron chi connectivity index (χ0n) is 9.08. The van der Waals surface area contributed by atoms with E-state index in [0.29, 0.717) is 25.6 Å². The average molecular weight is 299 g/mol. The van der Waals surface area contributed by atoms with Crippen LogP contribution in [0.15, 0.2) is 0 Å². The first-order valence-electron chi connectivity index (χ1n) is 5.37. The number of hydrogen-bond donors (Lipinski definition) is 1. The third-order valence-corrected chi connectivity index (χ3v) is 5.21. The molecule has 4 nitrogen and oxygen atoms in total.